The van der Waals surface area contributed by atoms with E-state index in [1.807, 2.05) is 0 Å². The van der Waals surface area contributed by atoms with Crippen molar-refractivity contribution in [1.82, 2.24) is 4.57 Å². The molecule has 1 aromatic rings. The first kappa shape index (κ1) is 20.3. The Morgan fingerprint density at radius 1 is 1.17 bits per heavy atom. The number of unbranched alkanes of at least 4 members (excludes halogenated alkanes) is 2. The summed E-state index contributed by atoms with van der Waals surface area (Å²) in [5.74, 6) is -0.887. The van der Waals surface area contributed by atoms with Crippen LogP contribution in [0.25, 0.3) is 0 Å². The van der Waals surface area contributed by atoms with E-state index in [-0.39, 0.29) is 11.8 Å². The van der Waals surface area contributed by atoms with Crippen molar-refractivity contribution in [2.24, 2.45) is 11.5 Å². The Morgan fingerprint density at radius 2 is 1.79 bits per heavy atom. The van der Waals surface area contributed by atoms with Crippen LogP contribution in [-0.4, -0.2) is 33.5 Å². The molecule has 5 N–H and O–H groups in total. The van der Waals surface area contributed by atoms with Gasteiger partial charge in [-0.1, -0.05) is 0 Å². The number of nitrogens with two attached hydrogens (primary N) is 2. The molecule has 1 aromatic heterocycles. The van der Waals surface area contributed by atoms with Crippen LogP contribution in [0, 0.1) is 6.92 Å². The van der Waals surface area contributed by atoms with Gasteiger partial charge in [0.2, 0.25) is 6.33 Å². The molecule has 0 aliphatic carbocycles. The zero-order chi connectivity index (χ0) is 18.1. The number of aromatic nitrogens is 2. The van der Waals surface area contributed by atoms with E-state index in [4.69, 9.17) is 16.6 Å². The summed E-state index contributed by atoms with van der Waals surface area (Å²) in [5.41, 5.74) is 12.4. The van der Waals surface area contributed by atoms with E-state index in [9.17, 15) is 9.59 Å². The summed E-state index contributed by atoms with van der Waals surface area (Å²) in [6, 6.07) is -1.10. The number of hydrogen-bond donors (Lipinski definition) is 3. The minimum Gasteiger partial charge on any atom is -0.480 e. The molecule has 0 aliphatic rings. The number of carboxylic acids is 1. The number of ketones is 1. The number of nitrogens with zero attached hydrogens (tertiary/aromatic N) is 2. The summed E-state index contributed by atoms with van der Waals surface area (Å²) in [5, 5.41) is 8.75. The van der Waals surface area contributed by atoms with Gasteiger partial charge in [0, 0.05) is 6.92 Å². The maximum Gasteiger partial charge on any atom is 0.320 e. The van der Waals surface area contributed by atoms with E-state index in [0.29, 0.717) is 6.42 Å². The fraction of sp³-hybridized carbons (Fsp3) is 0.706. The van der Waals surface area contributed by atoms with Crippen LogP contribution in [0.1, 0.15) is 51.1 Å². The van der Waals surface area contributed by atoms with Crippen molar-refractivity contribution >= 4 is 11.8 Å². The van der Waals surface area contributed by atoms with Gasteiger partial charge in [0.15, 0.2) is 0 Å². The number of rotatable bonds is 12. The molecule has 0 spiro atoms. The predicted octanol–water partition coefficient (Wildman–Crippen LogP) is 0.753. The molecule has 0 aromatic carbocycles. The Hall–Kier alpha value is -1.73. The molecular weight excluding hydrogens is 308 g/mol. The lowest BCUT2D eigenvalue weighted by molar-refractivity contribution is -0.697. The second-order valence-corrected chi connectivity index (χ2v) is 6.47. The highest BCUT2D eigenvalue weighted by Gasteiger charge is 2.13. The van der Waals surface area contributed by atoms with Crippen molar-refractivity contribution in [3.05, 3.63) is 18.2 Å². The summed E-state index contributed by atoms with van der Waals surface area (Å²) in [6.45, 7) is 5.37. The van der Waals surface area contributed by atoms with Gasteiger partial charge in [-0.25, -0.2) is 9.13 Å². The van der Waals surface area contributed by atoms with Crippen molar-refractivity contribution in [3.8, 4) is 0 Å². The van der Waals surface area contributed by atoms with Crippen LogP contribution in [0.3, 0.4) is 0 Å². The molecule has 0 bridgehead atoms. The number of Topliss-reactive ketones (excluding diaryl/α,β-unsaturated/α-hetero) is 1. The fourth-order valence-electron chi connectivity index (χ4n) is 2.61. The molecule has 7 nitrogen and oxygen atoms in total. The average Bonchev–Trinajstić information content (AvgIpc) is 2.87. The Balaban J connectivity index is 2.29. The molecule has 0 saturated carbocycles. The van der Waals surface area contributed by atoms with Crippen LogP contribution in [0.4, 0.5) is 0 Å². The summed E-state index contributed by atoms with van der Waals surface area (Å²) < 4.78 is 4.32. The van der Waals surface area contributed by atoms with E-state index in [2.05, 4.69) is 28.6 Å². The Bertz CT molecular complexity index is 542. The maximum atomic E-state index is 11.1. The first-order valence-electron chi connectivity index (χ1n) is 8.61. The molecule has 0 amide bonds. The van der Waals surface area contributed by atoms with Crippen molar-refractivity contribution in [2.45, 2.75) is 77.5 Å². The smallest absolute Gasteiger partial charge is 0.320 e. The van der Waals surface area contributed by atoms with Crippen LogP contribution in [0.2, 0.25) is 0 Å². The predicted molar refractivity (Wildman–Crippen MR) is 91.3 cm³/mol. The van der Waals surface area contributed by atoms with Gasteiger partial charge in [0.05, 0.1) is 19.1 Å². The maximum absolute atomic E-state index is 11.1. The zero-order valence-corrected chi connectivity index (χ0v) is 14.8. The Morgan fingerprint density at radius 3 is 2.42 bits per heavy atom. The number of aliphatic carboxylic acids is 1. The molecule has 7 heteroatoms. The van der Waals surface area contributed by atoms with Gasteiger partial charge in [-0.3, -0.25) is 9.59 Å². The van der Waals surface area contributed by atoms with Gasteiger partial charge in [-0.2, -0.15) is 0 Å². The molecule has 1 rings (SSSR count). The number of hydrogen-bond acceptors (Lipinski definition) is 4. The summed E-state index contributed by atoms with van der Waals surface area (Å²) in [4.78, 5) is 21.8. The number of imidazole rings is 1. The Kier molecular flexibility index (Phi) is 8.63. The number of aryl methyl sites for hydroxylation is 3. The molecule has 0 aliphatic heterocycles. The van der Waals surface area contributed by atoms with Gasteiger partial charge in [-0.05, 0) is 45.4 Å². The molecule has 136 valence electrons. The molecule has 24 heavy (non-hydrogen) atoms. The van der Waals surface area contributed by atoms with Gasteiger partial charge < -0.3 is 16.6 Å². The van der Waals surface area contributed by atoms with Crippen LogP contribution in [0.5, 0.6) is 0 Å². The minimum atomic E-state index is -0.936. The lowest BCUT2D eigenvalue weighted by Gasteiger charge is -2.06. The van der Waals surface area contributed by atoms with E-state index < -0.39 is 12.0 Å². The minimum absolute atomic E-state index is 0.0487. The molecule has 0 fully saturated rings. The van der Waals surface area contributed by atoms with Gasteiger partial charge >= 0.3 is 5.97 Å². The van der Waals surface area contributed by atoms with E-state index in [1.165, 1.54) is 12.6 Å². The Labute approximate surface area is 143 Å². The number of carboxylic acid groups (broad SMARTS) is 1. The molecule has 0 saturated heterocycles. The molecule has 2 unspecified atom stereocenters. The quantitative estimate of drug-likeness (QED) is 0.384. The lowest BCUT2D eigenvalue weighted by atomic mass is 10.1. The highest BCUT2D eigenvalue weighted by molar-refractivity contribution is 5.81. The first-order chi connectivity index (χ1) is 11.3. The third-order valence-corrected chi connectivity index (χ3v) is 4.28. The van der Waals surface area contributed by atoms with Gasteiger partial charge in [-0.15, -0.1) is 0 Å². The van der Waals surface area contributed by atoms with Gasteiger partial charge in [0.25, 0.3) is 0 Å². The third kappa shape index (κ3) is 7.23. The first-order valence-corrected chi connectivity index (χ1v) is 8.61. The summed E-state index contributed by atoms with van der Waals surface area (Å²) in [6.07, 6.45) is 9.05. The lowest BCUT2D eigenvalue weighted by Crippen LogP contribution is -2.32. The number of carbonyl (C=O) groups excluding carboxylic acids is 1. The summed E-state index contributed by atoms with van der Waals surface area (Å²) >= 11 is 0. The second kappa shape index (κ2) is 10.2. The van der Waals surface area contributed by atoms with E-state index in [0.717, 1.165) is 45.2 Å². The third-order valence-electron chi connectivity index (χ3n) is 4.28. The van der Waals surface area contributed by atoms with Crippen LogP contribution >= 0.6 is 0 Å². The van der Waals surface area contributed by atoms with Crippen LogP contribution < -0.4 is 16.0 Å². The highest BCUT2D eigenvalue weighted by Crippen LogP contribution is 2.05. The monoisotopic (exact) mass is 339 g/mol. The molecular formula is C17H31N4O3+. The largest absolute Gasteiger partial charge is 0.480 e. The van der Waals surface area contributed by atoms with Crippen molar-refractivity contribution in [3.63, 3.8) is 0 Å². The fourth-order valence-corrected chi connectivity index (χ4v) is 2.61. The van der Waals surface area contributed by atoms with Crippen molar-refractivity contribution in [2.75, 3.05) is 0 Å². The average molecular weight is 339 g/mol. The number of carbonyl (C=O) groups is 2. The standard InChI is InChI=1S/C17H30N4O3/c1-13-11-20(9-5-3-8-16(19)17(23)24)12-21(13)10-6-4-7-15(18)14(2)22/h11-12,15-16H,3-10,18-19H2,1-2H3/p+1. The van der Waals surface area contributed by atoms with E-state index >= 15 is 0 Å². The molecule has 0 radical (unpaired) electrons. The second-order valence-electron chi connectivity index (χ2n) is 6.47. The van der Waals surface area contributed by atoms with Crippen molar-refractivity contribution < 1.29 is 19.3 Å². The zero-order valence-electron chi connectivity index (χ0n) is 14.8. The summed E-state index contributed by atoms with van der Waals surface area (Å²) in [7, 11) is 0. The molecule has 2 atom stereocenters. The van der Waals surface area contributed by atoms with Crippen LogP contribution in [-0.2, 0) is 22.7 Å². The van der Waals surface area contributed by atoms with E-state index in [1.54, 1.807) is 0 Å². The topological polar surface area (TPSA) is 115 Å². The normalized spacial score (nSPS) is 13.7. The SMILES string of the molecule is CC(=O)C(N)CCCCn1c[n+](CCCCC(N)C(=O)O)cc1C. The molecule has 1 heterocycles. The highest BCUT2D eigenvalue weighted by atomic mass is 16.4. The van der Waals surface area contributed by atoms with Crippen molar-refractivity contribution in [1.29, 1.82) is 0 Å². The van der Waals surface area contributed by atoms with Crippen LogP contribution in [0.15, 0.2) is 12.5 Å². The van der Waals surface area contributed by atoms with Gasteiger partial charge in [0.1, 0.15) is 23.7 Å².